The zero-order chi connectivity index (χ0) is 21.8. The Kier molecular flexibility index (Phi) is 5.76. The minimum atomic E-state index is 0.526. The van der Waals surface area contributed by atoms with Gasteiger partial charge in [-0.2, -0.15) is 0 Å². The first-order chi connectivity index (χ1) is 15.8. The van der Waals surface area contributed by atoms with Gasteiger partial charge in [-0.25, -0.2) is 0 Å². The molecule has 3 aromatic heterocycles. The molecule has 0 N–H and O–H groups in total. The van der Waals surface area contributed by atoms with Crippen molar-refractivity contribution in [3.05, 3.63) is 90.5 Å². The molecule has 0 fully saturated rings. The Bertz CT molecular complexity index is 1280. The van der Waals surface area contributed by atoms with Crippen LogP contribution >= 0.6 is 11.8 Å². The first-order valence-electron chi connectivity index (χ1n) is 10.0. The molecule has 32 heavy (non-hydrogen) atoms. The van der Waals surface area contributed by atoms with E-state index in [9.17, 15) is 0 Å². The summed E-state index contributed by atoms with van der Waals surface area (Å²) < 4.78 is 18.4. The molecule has 0 unspecified atom stereocenters. The molecule has 0 spiro atoms. The van der Waals surface area contributed by atoms with Crippen LogP contribution in [0.2, 0.25) is 0 Å². The van der Waals surface area contributed by atoms with Crippen LogP contribution in [0.5, 0.6) is 5.75 Å². The third-order valence-electron chi connectivity index (χ3n) is 4.93. The normalized spacial score (nSPS) is 11.0. The summed E-state index contributed by atoms with van der Waals surface area (Å²) in [7, 11) is 1.65. The molecule has 3 heterocycles. The van der Waals surface area contributed by atoms with Crippen LogP contribution in [0.1, 0.15) is 11.5 Å². The van der Waals surface area contributed by atoms with Crippen LogP contribution in [0.4, 0.5) is 0 Å². The predicted molar refractivity (Wildman–Crippen MR) is 121 cm³/mol. The van der Waals surface area contributed by atoms with Crippen LogP contribution in [-0.2, 0) is 12.3 Å². The van der Waals surface area contributed by atoms with Gasteiger partial charge in [-0.05, 0) is 36.4 Å². The van der Waals surface area contributed by atoms with Gasteiger partial charge in [0.1, 0.15) is 11.5 Å². The molecule has 8 heteroatoms. The fourth-order valence-electron chi connectivity index (χ4n) is 3.31. The van der Waals surface area contributed by atoms with E-state index in [1.54, 1.807) is 25.1 Å². The van der Waals surface area contributed by atoms with Crippen LogP contribution in [0.25, 0.3) is 22.7 Å². The van der Waals surface area contributed by atoms with Crippen molar-refractivity contribution in [1.29, 1.82) is 0 Å². The number of rotatable bonds is 8. The molecule has 0 atom stereocenters. The lowest BCUT2D eigenvalue weighted by molar-refractivity contribution is 0.415. The summed E-state index contributed by atoms with van der Waals surface area (Å²) in [6, 6.07) is 23.5. The first-order valence-corrected chi connectivity index (χ1v) is 11.0. The van der Waals surface area contributed by atoms with Crippen LogP contribution in [-0.4, -0.2) is 27.0 Å². The Morgan fingerprint density at radius 3 is 2.53 bits per heavy atom. The molecule has 0 bridgehead atoms. The number of benzene rings is 2. The van der Waals surface area contributed by atoms with Crippen molar-refractivity contribution < 1.29 is 13.7 Å². The van der Waals surface area contributed by atoms with Crippen molar-refractivity contribution >= 4 is 11.8 Å². The van der Waals surface area contributed by atoms with E-state index < -0.39 is 0 Å². The van der Waals surface area contributed by atoms with E-state index in [-0.39, 0.29) is 0 Å². The van der Waals surface area contributed by atoms with E-state index in [4.69, 9.17) is 13.7 Å². The Morgan fingerprint density at radius 1 is 0.938 bits per heavy atom. The molecule has 5 rings (SSSR count). The second-order valence-corrected chi connectivity index (χ2v) is 7.98. The van der Waals surface area contributed by atoms with Crippen molar-refractivity contribution in [2.24, 2.45) is 0 Å². The van der Waals surface area contributed by atoms with Crippen molar-refractivity contribution in [2.45, 2.75) is 17.5 Å². The lowest BCUT2D eigenvalue weighted by Gasteiger charge is -2.09. The second kappa shape index (κ2) is 9.15. The standard InChI is InChI=1S/C24H20N4O3S/c1-29-20-11-9-18(10-12-20)23-25-26-24(28(23)15-21-8-5-13-30-21)32-16-19-14-22(31-27-19)17-6-3-2-4-7-17/h2-14H,15-16H2,1H3. The highest BCUT2D eigenvalue weighted by molar-refractivity contribution is 7.98. The van der Waals surface area contributed by atoms with Gasteiger partial charge in [0.05, 0.1) is 25.6 Å². The number of ether oxygens (including phenoxy) is 1. The molecule has 2 aromatic carbocycles. The van der Waals surface area contributed by atoms with Crippen LogP contribution < -0.4 is 4.74 Å². The molecule has 5 aromatic rings. The quantitative estimate of drug-likeness (QED) is 0.291. The summed E-state index contributed by atoms with van der Waals surface area (Å²) in [5, 5.41) is 13.9. The molecule has 0 radical (unpaired) electrons. The molecule has 0 aliphatic carbocycles. The Labute approximate surface area is 189 Å². The number of thioether (sulfide) groups is 1. The highest BCUT2D eigenvalue weighted by Crippen LogP contribution is 2.29. The topological polar surface area (TPSA) is 79.1 Å². The van der Waals surface area contributed by atoms with Gasteiger partial charge in [0.2, 0.25) is 0 Å². The minimum Gasteiger partial charge on any atom is -0.497 e. The summed E-state index contributed by atoms with van der Waals surface area (Å²) in [6.45, 7) is 0.526. The fraction of sp³-hybridized carbons (Fsp3) is 0.125. The summed E-state index contributed by atoms with van der Waals surface area (Å²) in [4.78, 5) is 0. The highest BCUT2D eigenvalue weighted by Gasteiger charge is 2.17. The van der Waals surface area contributed by atoms with Crippen molar-refractivity contribution in [3.8, 4) is 28.5 Å². The summed E-state index contributed by atoms with van der Waals surface area (Å²) >= 11 is 1.55. The van der Waals surface area contributed by atoms with Crippen LogP contribution in [0, 0.1) is 0 Å². The maximum Gasteiger partial charge on any atom is 0.192 e. The molecule has 7 nitrogen and oxygen atoms in total. The molecule has 0 aliphatic heterocycles. The van der Waals surface area contributed by atoms with Gasteiger partial charge in [-0.3, -0.25) is 4.57 Å². The van der Waals surface area contributed by atoms with E-state index in [1.165, 1.54) is 0 Å². The Balaban J connectivity index is 1.39. The van der Waals surface area contributed by atoms with Crippen molar-refractivity contribution in [2.75, 3.05) is 7.11 Å². The lowest BCUT2D eigenvalue weighted by Crippen LogP contribution is -2.03. The maximum absolute atomic E-state index is 5.57. The molecular formula is C24H20N4O3S. The van der Waals surface area contributed by atoms with Gasteiger partial charge in [-0.15, -0.1) is 10.2 Å². The maximum atomic E-state index is 5.57. The highest BCUT2D eigenvalue weighted by atomic mass is 32.2. The van der Waals surface area contributed by atoms with Gasteiger partial charge < -0.3 is 13.7 Å². The number of hydrogen-bond donors (Lipinski definition) is 0. The van der Waals surface area contributed by atoms with Crippen LogP contribution in [0.15, 0.2) is 93.2 Å². The fourth-order valence-corrected chi connectivity index (χ4v) is 4.13. The van der Waals surface area contributed by atoms with Gasteiger partial charge in [0.15, 0.2) is 16.7 Å². The van der Waals surface area contributed by atoms with Crippen LogP contribution in [0.3, 0.4) is 0 Å². The van der Waals surface area contributed by atoms with E-state index >= 15 is 0 Å². The monoisotopic (exact) mass is 444 g/mol. The minimum absolute atomic E-state index is 0.526. The third kappa shape index (κ3) is 4.31. The Morgan fingerprint density at radius 2 is 1.78 bits per heavy atom. The molecule has 0 saturated carbocycles. The first kappa shape index (κ1) is 20.1. The zero-order valence-corrected chi connectivity index (χ0v) is 18.2. The molecule has 160 valence electrons. The Hall–Kier alpha value is -3.78. The third-order valence-corrected chi connectivity index (χ3v) is 5.93. The largest absolute Gasteiger partial charge is 0.497 e. The van der Waals surface area contributed by atoms with Crippen molar-refractivity contribution in [1.82, 2.24) is 19.9 Å². The number of aromatic nitrogens is 4. The van der Waals surface area contributed by atoms with E-state index in [0.29, 0.717) is 12.3 Å². The predicted octanol–water partition coefficient (Wildman–Crippen LogP) is 5.54. The molecule has 0 aliphatic rings. The smallest absolute Gasteiger partial charge is 0.192 e. The SMILES string of the molecule is COc1ccc(-c2nnc(SCc3cc(-c4ccccc4)on3)n2Cc2ccco2)cc1. The van der Waals surface area contributed by atoms with E-state index in [1.807, 2.05) is 77.4 Å². The average Bonchev–Trinajstić information content (AvgIpc) is 3.61. The number of hydrogen-bond acceptors (Lipinski definition) is 7. The van der Waals surface area contributed by atoms with Gasteiger partial charge in [-0.1, -0.05) is 47.3 Å². The summed E-state index contributed by atoms with van der Waals surface area (Å²) in [5.74, 6) is 3.73. The summed E-state index contributed by atoms with van der Waals surface area (Å²) in [5.41, 5.74) is 2.79. The van der Waals surface area contributed by atoms with Crippen molar-refractivity contribution in [3.63, 3.8) is 0 Å². The van der Waals surface area contributed by atoms with E-state index in [0.717, 1.165) is 45.1 Å². The van der Waals surface area contributed by atoms with Gasteiger partial charge >= 0.3 is 0 Å². The zero-order valence-electron chi connectivity index (χ0n) is 17.3. The molecule has 0 saturated heterocycles. The average molecular weight is 445 g/mol. The number of methoxy groups -OCH3 is 1. The molecule has 0 amide bonds. The van der Waals surface area contributed by atoms with Gasteiger partial charge in [0.25, 0.3) is 0 Å². The van der Waals surface area contributed by atoms with Gasteiger partial charge in [0, 0.05) is 22.9 Å². The number of nitrogens with zero attached hydrogens (tertiary/aromatic N) is 4. The van der Waals surface area contributed by atoms with E-state index in [2.05, 4.69) is 15.4 Å². The molecular weight excluding hydrogens is 424 g/mol. The summed E-state index contributed by atoms with van der Waals surface area (Å²) in [6.07, 6.45) is 1.67. The number of furan rings is 1. The second-order valence-electron chi connectivity index (χ2n) is 7.04. The lowest BCUT2D eigenvalue weighted by atomic mass is 10.2.